The molecule has 0 bridgehead atoms. The fourth-order valence-electron chi connectivity index (χ4n) is 3.42. The number of nitrogens with two attached hydrogens (primary N) is 1. The highest BCUT2D eigenvalue weighted by Gasteiger charge is 2.25. The lowest BCUT2D eigenvalue weighted by Crippen LogP contribution is -2.42. The number of benzene rings is 1. The second kappa shape index (κ2) is 7.55. The van der Waals surface area contributed by atoms with E-state index in [0.29, 0.717) is 11.3 Å². The molecule has 8 heteroatoms. The summed E-state index contributed by atoms with van der Waals surface area (Å²) in [6.45, 7) is 3.91. The Morgan fingerprint density at radius 3 is 2.70 bits per heavy atom. The van der Waals surface area contributed by atoms with Gasteiger partial charge < -0.3 is 10.5 Å². The van der Waals surface area contributed by atoms with Crippen molar-refractivity contribution in [1.29, 1.82) is 0 Å². The number of anilines is 1. The SMILES string of the molecule is CCOC(=O)c1cc2c(=O)n3cccc(C)c3nc2[n+](Cc2ccc(F)cc2)c1N. The molecule has 3 heterocycles. The Morgan fingerprint density at radius 1 is 1.27 bits per heavy atom. The van der Waals surface area contributed by atoms with Gasteiger partial charge in [-0.2, -0.15) is 0 Å². The number of rotatable bonds is 4. The molecule has 152 valence electrons. The fourth-order valence-corrected chi connectivity index (χ4v) is 3.42. The Labute approximate surface area is 171 Å². The number of aromatic nitrogens is 3. The smallest absolute Gasteiger partial charge is 0.344 e. The summed E-state index contributed by atoms with van der Waals surface area (Å²) >= 11 is 0. The van der Waals surface area contributed by atoms with Crippen molar-refractivity contribution in [2.45, 2.75) is 20.4 Å². The molecule has 0 fully saturated rings. The van der Waals surface area contributed by atoms with Crippen molar-refractivity contribution in [2.24, 2.45) is 0 Å². The molecular formula is C22H20FN4O3+. The predicted molar refractivity (Wildman–Crippen MR) is 110 cm³/mol. The topological polar surface area (TPSA) is 90.6 Å². The van der Waals surface area contributed by atoms with Crippen LogP contribution < -0.4 is 15.9 Å². The normalized spacial score (nSPS) is 11.2. The first-order chi connectivity index (χ1) is 14.4. The predicted octanol–water partition coefficient (Wildman–Crippen LogP) is 2.39. The van der Waals surface area contributed by atoms with E-state index >= 15 is 0 Å². The van der Waals surface area contributed by atoms with Gasteiger partial charge in [-0.15, -0.1) is 0 Å². The van der Waals surface area contributed by atoms with E-state index in [2.05, 4.69) is 4.98 Å². The second-order valence-electron chi connectivity index (χ2n) is 6.92. The molecule has 0 saturated heterocycles. The molecular weight excluding hydrogens is 387 g/mol. The second-order valence-corrected chi connectivity index (χ2v) is 6.92. The van der Waals surface area contributed by atoms with Crippen molar-refractivity contribution >= 4 is 28.5 Å². The zero-order valence-electron chi connectivity index (χ0n) is 16.6. The summed E-state index contributed by atoms with van der Waals surface area (Å²) in [4.78, 5) is 30.4. The van der Waals surface area contributed by atoms with Crippen molar-refractivity contribution in [3.05, 3.63) is 81.5 Å². The van der Waals surface area contributed by atoms with Crippen LogP contribution in [0.3, 0.4) is 0 Å². The van der Waals surface area contributed by atoms with Crippen LogP contribution in [0.4, 0.5) is 10.2 Å². The van der Waals surface area contributed by atoms with E-state index in [4.69, 9.17) is 10.5 Å². The van der Waals surface area contributed by atoms with Gasteiger partial charge in [-0.1, -0.05) is 23.2 Å². The Bertz CT molecular complexity index is 1350. The number of pyridine rings is 2. The van der Waals surface area contributed by atoms with E-state index < -0.39 is 5.97 Å². The molecule has 0 radical (unpaired) electrons. The van der Waals surface area contributed by atoms with Crippen LogP contribution in [0, 0.1) is 12.7 Å². The molecule has 2 N–H and O–H groups in total. The van der Waals surface area contributed by atoms with Crippen LogP contribution in [0.25, 0.3) is 16.7 Å². The summed E-state index contributed by atoms with van der Waals surface area (Å²) in [5, 5.41) is 0.234. The van der Waals surface area contributed by atoms with Gasteiger partial charge in [0, 0.05) is 11.8 Å². The molecule has 0 unspecified atom stereocenters. The molecule has 7 nitrogen and oxygen atoms in total. The van der Waals surface area contributed by atoms with Gasteiger partial charge in [0.1, 0.15) is 16.8 Å². The average Bonchev–Trinajstić information content (AvgIpc) is 2.72. The highest BCUT2D eigenvalue weighted by Crippen LogP contribution is 2.17. The first kappa shape index (κ1) is 19.5. The van der Waals surface area contributed by atoms with Crippen LogP contribution >= 0.6 is 0 Å². The molecule has 0 amide bonds. The first-order valence-corrected chi connectivity index (χ1v) is 9.46. The molecule has 0 aliphatic heterocycles. The monoisotopic (exact) mass is 407 g/mol. The molecule has 0 aliphatic rings. The molecule has 4 rings (SSSR count). The van der Waals surface area contributed by atoms with Crippen molar-refractivity contribution in [2.75, 3.05) is 12.3 Å². The molecule has 0 atom stereocenters. The number of halogens is 1. The number of aryl methyl sites for hydroxylation is 1. The molecule has 30 heavy (non-hydrogen) atoms. The van der Waals surface area contributed by atoms with Gasteiger partial charge in [0.2, 0.25) is 11.5 Å². The van der Waals surface area contributed by atoms with E-state index in [-0.39, 0.29) is 41.3 Å². The molecule has 0 aliphatic carbocycles. The minimum atomic E-state index is -0.626. The van der Waals surface area contributed by atoms with Gasteiger partial charge >= 0.3 is 5.97 Å². The number of fused-ring (bicyclic) bond motifs is 2. The molecule has 0 saturated carbocycles. The van der Waals surface area contributed by atoms with Gasteiger partial charge in [0.05, 0.1) is 13.2 Å². The summed E-state index contributed by atoms with van der Waals surface area (Å²) < 4.78 is 21.5. The van der Waals surface area contributed by atoms with E-state index in [1.54, 1.807) is 35.9 Å². The standard InChI is InChI=1S/C22H19FN4O3/c1-3-30-22(29)16-11-17-20(25-19-13(2)5-4-10-26(19)21(17)28)27(18(16)24)12-14-6-8-15(23)9-7-14/h4-11,24H,3,12H2,1-2H3/p+1. The molecule has 0 spiro atoms. The van der Waals surface area contributed by atoms with E-state index in [0.717, 1.165) is 11.1 Å². The maximum Gasteiger partial charge on any atom is 0.344 e. The van der Waals surface area contributed by atoms with E-state index in [1.807, 2.05) is 13.0 Å². The van der Waals surface area contributed by atoms with Crippen LogP contribution in [0.1, 0.15) is 28.4 Å². The largest absolute Gasteiger partial charge is 0.462 e. The first-order valence-electron chi connectivity index (χ1n) is 9.46. The summed E-state index contributed by atoms with van der Waals surface area (Å²) in [5.41, 5.74) is 8.47. The lowest BCUT2D eigenvalue weighted by molar-refractivity contribution is -0.649. The quantitative estimate of drug-likeness (QED) is 0.319. The Balaban J connectivity index is 2.07. The van der Waals surface area contributed by atoms with E-state index in [9.17, 15) is 14.0 Å². The zero-order chi connectivity index (χ0) is 21.4. The van der Waals surface area contributed by atoms with Crippen LogP contribution in [0.2, 0.25) is 0 Å². The minimum absolute atomic E-state index is 0.0814. The highest BCUT2D eigenvalue weighted by atomic mass is 19.1. The lowest BCUT2D eigenvalue weighted by Gasteiger charge is -2.12. The van der Waals surface area contributed by atoms with Crippen molar-refractivity contribution in [1.82, 2.24) is 9.38 Å². The number of hydrogen-bond acceptors (Lipinski definition) is 5. The summed E-state index contributed by atoms with van der Waals surface area (Å²) in [5.74, 6) is -0.867. The molecule has 1 aromatic carbocycles. The van der Waals surface area contributed by atoms with Crippen LogP contribution in [-0.4, -0.2) is 22.0 Å². The third-order valence-electron chi connectivity index (χ3n) is 4.92. The maximum absolute atomic E-state index is 13.3. The Morgan fingerprint density at radius 2 is 2.00 bits per heavy atom. The molecule has 3 aromatic heterocycles. The number of hydrogen-bond donors (Lipinski definition) is 1. The maximum atomic E-state index is 13.3. The number of ether oxygens (including phenoxy) is 1. The van der Waals surface area contributed by atoms with Crippen LogP contribution in [0.15, 0.2) is 53.5 Å². The number of nitrogen functional groups attached to an aromatic ring is 1. The number of carbonyl (C=O) groups is 1. The van der Waals surface area contributed by atoms with Crippen molar-refractivity contribution in [3.8, 4) is 0 Å². The van der Waals surface area contributed by atoms with Gasteiger partial charge in [-0.3, -0.25) is 9.20 Å². The minimum Gasteiger partial charge on any atom is -0.462 e. The Hall–Kier alpha value is -3.81. The third-order valence-corrected chi connectivity index (χ3v) is 4.92. The van der Waals surface area contributed by atoms with Crippen molar-refractivity contribution < 1.29 is 18.5 Å². The number of carbonyl (C=O) groups excluding carboxylic acids is 1. The van der Waals surface area contributed by atoms with Gasteiger partial charge in [-0.25, -0.2) is 13.8 Å². The zero-order valence-corrected chi connectivity index (χ0v) is 16.6. The van der Waals surface area contributed by atoms with Gasteiger partial charge in [0.25, 0.3) is 11.2 Å². The average molecular weight is 407 g/mol. The summed E-state index contributed by atoms with van der Waals surface area (Å²) in [6.07, 6.45) is 1.63. The van der Waals surface area contributed by atoms with Gasteiger partial charge in [0.15, 0.2) is 0 Å². The summed E-state index contributed by atoms with van der Waals surface area (Å²) in [6, 6.07) is 10.9. The number of nitrogens with zero attached hydrogens (tertiary/aromatic N) is 3. The Kier molecular flexibility index (Phi) is 4.91. The third kappa shape index (κ3) is 3.26. The van der Waals surface area contributed by atoms with Crippen LogP contribution in [0.5, 0.6) is 0 Å². The highest BCUT2D eigenvalue weighted by molar-refractivity contribution is 5.96. The lowest BCUT2D eigenvalue weighted by atomic mass is 10.1. The number of esters is 1. The van der Waals surface area contributed by atoms with Gasteiger partial charge in [-0.05, 0) is 43.7 Å². The fraction of sp³-hybridized carbons (Fsp3) is 0.182. The summed E-state index contributed by atoms with van der Waals surface area (Å²) in [7, 11) is 0. The van der Waals surface area contributed by atoms with Crippen LogP contribution in [-0.2, 0) is 11.3 Å². The van der Waals surface area contributed by atoms with E-state index in [1.165, 1.54) is 22.6 Å². The molecule has 4 aromatic rings. The van der Waals surface area contributed by atoms with Crippen molar-refractivity contribution in [3.63, 3.8) is 0 Å².